The molecule has 10 rings (SSSR count). The summed E-state index contributed by atoms with van der Waals surface area (Å²) in [6.07, 6.45) is 1.88. The number of hydrogen-bond acceptors (Lipinski definition) is 6. The fraction of sp³-hybridized carbons (Fsp3) is 0. The summed E-state index contributed by atoms with van der Waals surface area (Å²) in [6, 6.07) is 46.8. The summed E-state index contributed by atoms with van der Waals surface area (Å²) in [5.41, 5.74) is 7.29. The molecule has 0 N–H and O–H groups in total. The van der Waals surface area contributed by atoms with Crippen LogP contribution in [0.1, 0.15) is 0 Å². The van der Waals surface area contributed by atoms with Gasteiger partial charge < -0.3 is 8.83 Å². The van der Waals surface area contributed by atoms with E-state index in [0.29, 0.717) is 23.2 Å². The lowest BCUT2D eigenvalue weighted by atomic mass is 9.97. The molecule has 4 heterocycles. The minimum absolute atomic E-state index is 0.452. The molecule has 10 aromatic rings. The van der Waals surface area contributed by atoms with Crippen molar-refractivity contribution in [1.82, 2.24) is 19.9 Å². The molecule has 0 unspecified atom stereocenters. The molecule has 0 aliphatic heterocycles. The third-order valence-electron chi connectivity index (χ3n) is 9.00. The quantitative estimate of drug-likeness (QED) is 0.196. The average molecular weight is 617 g/mol. The lowest BCUT2D eigenvalue weighted by molar-refractivity contribution is 0.669. The van der Waals surface area contributed by atoms with E-state index >= 15 is 0 Å². The molecule has 6 heteroatoms. The summed E-state index contributed by atoms with van der Waals surface area (Å²) in [5.74, 6) is 1.50. The summed E-state index contributed by atoms with van der Waals surface area (Å²) in [4.78, 5) is 20.3. The number of hydrogen-bond donors (Lipinski definition) is 0. The monoisotopic (exact) mass is 616 g/mol. The third-order valence-corrected chi connectivity index (χ3v) is 9.00. The second-order valence-electron chi connectivity index (χ2n) is 11.8. The standard InChI is InChI=1S/C42H24N4O2/c1-2-13-26(14-3-1)40-44-41(32-21-11-20-30-29-17-6-8-22-34(29)47-38(30)32)46-42(45-40)37-36-31-18-7-9-23-35(31)48-39(36)33(24-43-37)28-19-10-15-25-12-4-5-16-27(25)28/h1-24H. The number of para-hydroxylation sites is 3. The van der Waals surface area contributed by atoms with Crippen LogP contribution in [0.15, 0.2) is 155 Å². The molecule has 6 aromatic carbocycles. The number of furan rings is 2. The highest BCUT2D eigenvalue weighted by Gasteiger charge is 2.23. The Bertz CT molecular complexity index is 2850. The molecule has 0 radical (unpaired) electrons. The van der Waals surface area contributed by atoms with Crippen molar-refractivity contribution in [2.75, 3.05) is 0 Å². The molecule has 0 saturated carbocycles. The zero-order chi connectivity index (χ0) is 31.6. The van der Waals surface area contributed by atoms with Gasteiger partial charge in [0.2, 0.25) is 0 Å². The van der Waals surface area contributed by atoms with Crippen LogP contribution in [0.2, 0.25) is 0 Å². The van der Waals surface area contributed by atoms with Crippen LogP contribution in [-0.2, 0) is 0 Å². The summed E-state index contributed by atoms with van der Waals surface area (Å²) in [7, 11) is 0. The fourth-order valence-electron chi connectivity index (χ4n) is 6.79. The van der Waals surface area contributed by atoms with Crippen molar-refractivity contribution < 1.29 is 8.83 Å². The summed E-state index contributed by atoms with van der Waals surface area (Å²) in [6.45, 7) is 0. The van der Waals surface area contributed by atoms with E-state index in [2.05, 4.69) is 60.7 Å². The second-order valence-corrected chi connectivity index (χ2v) is 11.8. The van der Waals surface area contributed by atoms with E-state index in [0.717, 1.165) is 76.9 Å². The highest BCUT2D eigenvalue weighted by atomic mass is 16.3. The Morgan fingerprint density at radius 2 is 1.00 bits per heavy atom. The van der Waals surface area contributed by atoms with E-state index in [1.54, 1.807) is 0 Å². The van der Waals surface area contributed by atoms with Crippen LogP contribution < -0.4 is 0 Å². The molecule has 0 aliphatic carbocycles. The highest BCUT2D eigenvalue weighted by molar-refractivity contribution is 6.16. The minimum atomic E-state index is 0.452. The van der Waals surface area contributed by atoms with Gasteiger partial charge >= 0.3 is 0 Å². The van der Waals surface area contributed by atoms with Crippen molar-refractivity contribution in [1.29, 1.82) is 0 Å². The van der Waals surface area contributed by atoms with Crippen molar-refractivity contribution >= 4 is 54.6 Å². The van der Waals surface area contributed by atoms with E-state index in [1.807, 2.05) is 85.1 Å². The molecule has 0 fully saturated rings. The second kappa shape index (κ2) is 10.4. The van der Waals surface area contributed by atoms with Gasteiger partial charge in [0.05, 0.1) is 10.9 Å². The molecule has 6 nitrogen and oxygen atoms in total. The van der Waals surface area contributed by atoms with Crippen LogP contribution in [0, 0.1) is 0 Å². The molecular formula is C42H24N4O2. The molecular weight excluding hydrogens is 592 g/mol. The van der Waals surface area contributed by atoms with Crippen LogP contribution in [0.25, 0.3) is 100 Å². The average Bonchev–Trinajstić information content (AvgIpc) is 3.74. The molecule has 0 spiro atoms. The summed E-state index contributed by atoms with van der Waals surface area (Å²) in [5, 5.41) is 6.13. The first-order chi connectivity index (χ1) is 23.8. The van der Waals surface area contributed by atoms with Gasteiger partial charge in [-0.15, -0.1) is 0 Å². The molecule has 224 valence electrons. The first-order valence-corrected chi connectivity index (χ1v) is 15.8. The normalized spacial score (nSPS) is 11.8. The Kier molecular flexibility index (Phi) is 5.77. The van der Waals surface area contributed by atoms with Gasteiger partial charge in [-0.25, -0.2) is 15.0 Å². The van der Waals surface area contributed by atoms with E-state index in [9.17, 15) is 0 Å². The Morgan fingerprint density at radius 3 is 1.88 bits per heavy atom. The van der Waals surface area contributed by atoms with Crippen LogP contribution in [0.3, 0.4) is 0 Å². The maximum absolute atomic E-state index is 6.64. The highest BCUT2D eigenvalue weighted by Crippen LogP contribution is 2.42. The van der Waals surface area contributed by atoms with E-state index in [-0.39, 0.29) is 0 Å². The third kappa shape index (κ3) is 4.06. The lowest BCUT2D eigenvalue weighted by Gasteiger charge is -2.11. The van der Waals surface area contributed by atoms with Gasteiger partial charge in [0.25, 0.3) is 0 Å². The molecule has 0 atom stereocenters. The van der Waals surface area contributed by atoms with Crippen LogP contribution >= 0.6 is 0 Å². The predicted molar refractivity (Wildman–Crippen MR) is 191 cm³/mol. The Labute approximate surface area is 274 Å². The summed E-state index contributed by atoms with van der Waals surface area (Å²) >= 11 is 0. The Morgan fingerprint density at radius 1 is 0.396 bits per heavy atom. The topological polar surface area (TPSA) is 77.8 Å². The number of fused-ring (bicyclic) bond motifs is 7. The van der Waals surface area contributed by atoms with Crippen molar-refractivity contribution in [2.45, 2.75) is 0 Å². The Balaban J connectivity index is 1.27. The van der Waals surface area contributed by atoms with Gasteiger partial charge in [0, 0.05) is 33.5 Å². The lowest BCUT2D eigenvalue weighted by Crippen LogP contribution is -2.02. The van der Waals surface area contributed by atoms with Gasteiger partial charge in [0.1, 0.15) is 28.0 Å². The SMILES string of the molecule is c1ccc(-c2nc(-c3cccc4c3oc3ccccc34)nc(-c3ncc(-c4cccc5ccccc45)c4oc5ccccc5c34)n2)cc1. The largest absolute Gasteiger partial charge is 0.455 e. The van der Waals surface area contributed by atoms with Gasteiger partial charge in [-0.1, -0.05) is 121 Å². The molecule has 0 bridgehead atoms. The molecule has 4 aromatic heterocycles. The first-order valence-electron chi connectivity index (χ1n) is 15.8. The predicted octanol–water partition coefficient (Wildman–Crippen LogP) is 10.9. The zero-order valence-electron chi connectivity index (χ0n) is 25.5. The van der Waals surface area contributed by atoms with Gasteiger partial charge in [0.15, 0.2) is 17.5 Å². The van der Waals surface area contributed by atoms with Crippen LogP contribution in [0.4, 0.5) is 0 Å². The van der Waals surface area contributed by atoms with E-state index < -0.39 is 0 Å². The molecule has 0 aliphatic rings. The minimum Gasteiger partial charge on any atom is -0.455 e. The van der Waals surface area contributed by atoms with Crippen LogP contribution in [-0.4, -0.2) is 19.9 Å². The molecule has 48 heavy (non-hydrogen) atoms. The number of benzene rings is 6. The van der Waals surface area contributed by atoms with Crippen molar-refractivity contribution in [3.8, 4) is 45.4 Å². The number of rotatable bonds is 4. The van der Waals surface area contributed by atoms with Gasteiger partial charge in [-0.2, -0.15) is 0 Å². The van der Waals surface area contributed by atoms with E-state index in [1.165, 1.54) is 0 Å². The maximum atomic E-state index is 6.64. The van der Waals surface area contributed by atoms with E-state index in [4.69, 9.17) is 28.8 Å². The fourth-order valence-corrected chi connectivity index (χ4v) is 6.79. The van der Waals surface area contributed by atoms with Crippen molar-refractivity contribution in [2.24, 2.45) is 0 Å². The molecule has 0 saturated heterocycles. The zero-order valence-corrected chi connectivity index (χ0v) is 25.5. The first kappa shape index (κ1) is 26.5. The maximum Gasteiger partial charge on any atom is 0.183 e. The number of pyridine rings is 1. The van der Waals surface area contributed by atoms with Gasteiger partial charge in [-0.05, 0) is 34.5 Å². The smallest absolute Gasteiger partial charge is 0.183 e. The van der Waals surface area contributed by atoms with Crippen molar-refractivity contribution in [3.05, 3.63) is 146 Å². The molecule has 0 amide bonds. The van der Waals surface area contributed by atoms with Gasteiger partial charge in [-0.3, -0.25) is 4.98 Å². The van der Waals surface area contributed by atoms with Crippen LogP contribution in [0.5, 0.6) is 0 Å². The van der Waals surface area contributed by atoms with Crippen molar-refractivity contribution in [3.63, 3.8) is 0 Å². The Hall–Kier alpha value is -6.66. The number of aromatic nitrogens is 4. The number of nitrogens with zero attached hydrogens (tertiary/aromatic N) is 4. The summed E-state index contributed by atoms with van der Waals surface area (Å²) < 4.78 is 13.1.